The van der Waals surface area contributed by atoms with Gasteiger partial charge in [0.15, 0.2) is 5.13 Å². The Morgan fingerprint density at radius 1 is 0.907 bits per heavy atom. The maximum Gasteiger partial charge on any atom is 0.416 e. The van der Waals surface area contributed by atoms with E-state index in [4.69, 9.17) is 5.11 Å². The average molecular weight is 608 g/mol. The topological polar surface area (TPSA) is 91.3 Å². The van der Waals surface area contributed by atoms with Crippen molar-refractivity contribution in [2.24, 2.45) is 0 Å². The number of anilines is 1. The van der Waals surface area contributed by atoms with Crippen molar-refractivity contribution >= 4 is 28.3 Å². The number of aromatic nitrogens is 1. The van der Waals surface area contributed by atoms with Crippen LogP contribution in [-0.2, 0) is 11.0 Å². The van der Waals surface area contributed by atoms with Crippen molar-refractivity contribution in [3.8, 4) is 11.3 Å². The molecule has 1 amide bonds. The zero-order valence-electron chi connectivity index (χ0n) is 23.4. The summed E-state index contributed by atoms with van der Waals surface area (Å²) in [5.41, 5.74) is 4.09. The lowest BCUT2D eigenvalue weighted by atomic mass is 9.83. The summed E-state index contributed by atoms with van der Waals surface area (Å²) in [6, 6.07) is 20.3. The first-order chi connectivity index (χ1) is 20.7. The van der Waals surface area contributed by atoms with E-state index < -0.39 is 17.7 Å². The lowest BCUT2D eigenvalue weighted by Crippen LogP contribution is -2.26. The number of nitrogens with zero attached hydrogens (tertiary/aromatic N) is 1. The van der Waals surface area contributed by atoms with Gasteiger partial charge < -0.3 is 15.7 Å². The third kappa shape index (κ3) is 7.81. The summed E-state index contributed by atoms with van der Waals surface area (Å²) < 4.78 is 39.0. The third-order valence-corrected chi connectivity index (χ3v) is 8.53. The Morgan fingerprint density at radius 2 is 1.53 bits per heavy atom. The molecule has 5 rings (SSSR count). The molecule has 224 valence electrons. The zero-order valence-corrected chi connectivity index (χ0v) is 24.2. The number of halogens is 3. The summed E-state index contributed by atoms with van der Waals surface area (Å²) in [4.78, 5) is 27.9. The minimum Gasteiger partial charge on any atom is -0.481 e. The Bertz CT molecular complexity index is 1530. The number of carboxylic acids is 1. The molecule has 1 aromatic heterocycles. The monoisotopic (exact) mass is 607 g/mol. The summed E-state index contributed by atoms with van der Waals surface area (Å²) in [6.45, 7) is 0.0404. The van der Waals surface area contributed by atoms with Crippen LogP contribution in [0.4, 0.5) is 18.3 Å². The number of alkyl halides is 3. The van der Waals surface area contributed by atoms with Crippen molar-refractivity contribution in [2.75, 3.05) is 11.9 Å². The number of benzene rings is 3. The fourth-order valence-corrected chi connectivity index (χ4v) is 6.14. The quantitative estimate of drug-likeness (QED) is 0.169. The van der Waals surface area contributed by atoms with Crippen molar-refractivity contribution in [3.05, 3.63) is 106 Å². The second-order valence-electron chi connectivity index (χ2n) is 10.7. The van der Waals surface area contributed by atoms with E-state index in [1.54, 1.807) is 17.5 Å². The number of hydrogen-bond acceptors (Lipinski definition) is 5. The summed E-state index contributed by atoms with van der Waals surface area (Å²) in [7, 11) is 0. The van der Waals surface area contributed by atoms with Crippen LogP contribution in [0.15, 0.2) is 78.2 Å². The van der Waals surface area contributed by atoms with Crippen molar-refractivity contribution < 1.29 is 27.9 Å². The van der Waals surface area contributed by atoms with Crippen LogP contribution in [0.5, 0.6) is 0 Å². The highest BCUT2D eigenvalue weighted by molar-refractivity contribution is 7.14. The lowest BCUT2D eigenvalue weighted by Gasteiger charge is -2.24. The number of carbonyl (C=O) groups is 2. The van der Waals surface area contributed by atoms with Gasteiger partial charge in [0, 0.05) is 23.1 Å². The van der Waals surface area contributed by atoms with Crippen molar-refractivity contribution in [3.63, 3.8) is 0 Å². The minimum absolute atomic E-state index is 0.0404. The molecule has 0 aliphatic heterocycles. The Hall–Kier alpha value is -4.18. The predicted molar refractivity (Wildman–Crippen MR) is 161 cm³/mol. The molecule has 6 nitrogen and oxygen atoms in total. The maximum atomic E-state index is 13.0. The van der Waals surface area contributed by atoms with Crippen LogP contribution in [0.3, 0.4) is 0 Å². The largest absolute Gasteiger partial charge is 0.481 e. The van der Waals surface area contributed by atoms with Crippen molar-refractivity contribution in [1.29, 1.82) is 0 Å². The van der Waals surface area contributed by atoms with Gasteiger partial charge in [0.25, 0.3) is 5.91 Å². The molecule has 1 heterocycles. The number of rotatable bonds is 10. The molecule has 1 fully saturated rings. The lowest BCUT2D eigenvalue weighted by molar-refractivity contribution is -0.138. The van der Waals surface area contributed by atoms with E-state index in [1.807, 2.05) is 12.1 Å². The molecule has 1 aliphatic rings. The minimum atomic E-state index is -4.40. The summed E-state index contributed by atoms with van der Waals surface area (Å²) in [6.07, 6.45) is 1.62. The van der Waals surface area contributed by atoms with E-state index in [-0.39, 0.29) is 24.9 Å². The highest BCUT2D eigenvalue weighted by Gasteiger charge is 2.30. The summed E-state index contributed by atoms with van der Waals surface area (Å²) in [5.74, 6) is -0.767. The maximum absolute atomic E-state index is 13.0. The normalized spacial score (nSPS) is 14.7. The first-order valence-corrected chi connectivity index (χ1v) is 15.1. The predicted octanol–water partition coefficient (Wildman–Crippen LogP) is 8.28. The highest BCUT2D eigenvalue weighted by atomic mass is 32.1. The molecule has 3 aromatic carbocycles. The highest BCUT2D eigenvalue weighted by Crippen LogP contribution is 2.36. The molecule has 0 bridgehead atoms. The number of carboxylic acid groups (broad SMARTS) is 1. The van der Waals surface area contributed by atoms with Crippen LogP contribution in [-0.4, -0.2) is 28.5 Å². The molecular formula is C33H32F3N3O3S. The Kier molecular flexibility index (Phi) is 9.45. The SMILES string of the molecule is O=C(O)CCNC(=O)c1ccc(C(Nc2nc(-c3ccc(C(F)(F)F)cc3)cs2)c2ccc(C3CCCCC3)cc2)cc1. The molecule has 43 heavy (non-hydrogen) atoms. The van der Waals surface area contributed by atoms with Gasteiger partial charge in [0.05, 0.1) is 23.7 Å². The Balaban J connectivity index is 1.38. The summed E-state index contributed by atoms with van der Waals surface area (Å²) in [5, 5.41) is 17.3. The van der Waals surface area contributed by atoms with Crippen LogP contribution in [0.1, 0.15) is 83.1 Å². The number of thiazole rings is 1. The van der Waals surface area contributed by atoms with E-state index >= 15 is 0 Å². The van der Waals surface area contributed by atoms with E-state index in [0.717, 1.165) is 23.3 Å². The van der Waals surface area contributed by atoms with Gasteiger partial charge in [-0.1, -0.05) is 67.8 Å². The number of nitrogens with one attached hydrogen (secondary N) is 2. The molecular weight excluding hydrogens is 575 g/mol. The van der Waals surface area contributed by atoms with Crippen molar-refractivity contribution in [2.45, 2.75) is 56.7 Å². The Labute approximate surface area is 252 Å². The number of aliphatic carboxylic acids is 1. The molecule has 4 aromatic rings. The smallest absolute Gasteiger partial charge is 0.416 e. The fraction of sp³-hybridized carbons (Fsp3) is 0.303. The molecule has 0 saturated heterocycles. The van der Waals surface area contributed by atoms with Gasteiger partial charge in [-0.05, 0) is 59.7 Å². The number of amides is 1. The van der Waals surface area contributed by atoms with E-state index in [0.29, 0.717) is 27.9 Å². The first-order valence-electron chi connectivity index (χ1n) is 14.3. The molecule has 3 N–H and O–H groups in total. The zero-order chi connectivity index (χ0) is 30.4. The van der Waals surface area contributed by atoms with Crippen LogP contribution in [0, 0.1) is 0 Å². The molecule has 0 radical (unpaired) electrons. The summed E-state index contributed by atoms with van der Waals surface area (Å²) >= 11 is 1.36. The van der Waals surface area contributed by atoms with Gasteiger partial charge in [-0.25, -0.2) is 4.98 Å². The molecule has 1 aliphatic carbocycles. The van der Waals surface area contributed by atoms with Crippen LogP contribution >= 0.6 is 11.3 Å². The molecule has 1 atom stereocenters. The Morgan fingerprint density at radius 3 is 2.14 bits per heavy atom. The van der Waals surface area contributed by atoms with Gasteiger partial charge >= 0.3 is 12.1 Å². The van der Waals surface area contributed by atoms with Gasteiger partial charge in [-0.2, -0.15) is 13.2 Å². The second-order valence-corrected chi connectivity index (χ2v) is 11.6. The average Bonchev–Trinajstić information content (AvgIpc) is 3.49. The van der Waals surface area contributed by atoms with Crippen LogP contribution in [0.2, 0.25) is 0 Å². The number of carbonyl (C=O) groups excluding carboxylic acids is 1. The fourth-order valence-electron chi connectivity index (χ4n) is 5.39. The van der Waals surface area contributed by atoms with Crippen molar-refractivity contribution in [1.82, 2.24) is 10.3 Å². The van der Waals surface area contributed by atoms with Gasteiger partial charge in [-0.15, -0.1) is 11.3 Å². The number of hydrogen-bond donors (Lipinski definition) is 3. The van der Waals surface area contributed by atoms with E-state index in [2.05, 4.69) is 39.9 Å². The van der Waals surface area contributed by atoms with E-state index in [9.17, 15) is 22.8 Å². The first kappa shape index (κ1) is 30.3. The molecule has 1 saturated carbocycles. The van der Waals surface area contributed by atoms with Gasteiger partial charge in [0.1, 0.15) is 0 Å². The molecule has 1 unspecified atom stereocenters. The van der Waals surface area contributed by atoms with Gasteiger partial charge in [-0.3, -0.25) is 9.59 Å². The molecule has 0 spiro atoms. The standard InChI is InChI=1S/C33H32F3N3O3S/c34-33(35,36)27-16-14-23(15-17-27)28-20-43-32(38-28)39-30(24-8-6-22(7-9-24)21-4-2-1-3-5-21)25-10-12-26(13-11-25)31(42)37-19-18-29(40)41/h6-17,20-21,30H,1-5,18-19H2,(H,37,42)(H,38,39)(H,40,41). The molecule has 10 heteroatoms. The third-order valence-electron chi connectivity index (χ3n) is 7.76. The van der Waals surface area contributed by atoms with Crippen LogP contribution in [0.25, 0.3) is 11.3 Å². The second kappa shape index (κ2) is 13.4. The van der Waals surface area contributed by atoms with Gasteiger partial charge in [0.2, 0.25) is 0 Å². The van der Waals surface area contributed by atoms with E-state index in [1.165, 1.54) is 61.1 Å². The van der Waals surface area contributed by atoms with Crippen LogP contribution < -0.4 is 10.6 Å².